The zero-order valence-corrected chi connectivity index (χ0v) is 70.3. The molecule has 0 aliphatic heterocycles. The van der Waals surface area contributed by atoms with Crippen molar-refractivity contribution in [2.45, 2.75) is 145 Å². The SMILES string of the molecule is C.CC(=O)N(C)C.CC(C)=C(C)C.CC(C)=O.CC(C)C.CC(C)O.CCC.CN(C)C.CN(C)C.CN=C(C)C.CNS(C)(=O)=O.COC.COC(=O)OC.COC(=O)c1ccccc1.COC(C)=O.COS(=O)(=O)OC.COS(C)(=O)=O.CS(C)(=O)=O.Cc1ccccc1.O. The predicted octanol–water partition coefficient (Wildman–Crippen LogP) is 10.0. The second kappa shape index (κ2) is 102. The van der Waals surface area contributed by atoms with Crippen molar-refractivity contribution in [1.29, 1.82) is 0 Å². The van der Waals surface area contributed by atoms with Crippen LogP contribution in [-0.2, 0) is 91.0 Å². The molecule has 0 saturated heterocycles. The summed E-state index contributed by atoms with van der Waals surface area (Å²) in [5.74, 6) is 0.556. The molecule has 97 heavy (non-hydrogen) atoms. The molecule has 4 N–H and O–H groups in total. The van der Waals surface area contributed by atoms with Crippen molar-refractivity contribution in [2.24, 2.45) is 10.9 Å². The van der Waals surface area contributed by atoms with Crippen molar-refractivity contribution < 1.29 is 104 Å². The summed E-state index contributed by atoms with van der Waals surface area (Å²) >= 11 is 0. The summed E-state index contributed by atoms with van der Waals surface area (Å²) in [6.07, 6.45) is 4.84. The number of carbonyl (C=O) groups is 5. The minimum absolute atomic E-state index is 0. The maximum absolute atomic E-state index is 10.8. The number of ketones is 1. The number of aliphatic hydroxyl groups is 1. The van der Waals surface area contributed by atoms with Gasteiger partial charge in [0.05, 0.1) is 67.8 Å². The van der Waals surface area contributed by atoms with Gasteiger partial charge in [0.1, 0.15) is 15.6 Å². The van der Waals surface area contributed by atoms with Gasteiger partial charge in [-0.15, -0.1) is 0 Å². The number of sulfone groups is 1. The number of ether oxygens (including phenoxy) is 5. The van der Waals surface area contributed by atoms with E-state index in [4.69, 9.17) is 5.11 Å². The van der Waals surface area contributed by atoms with Gasteiger partial charge in [-0.25, -0.2) is 31.1 Å². The number of aliphatic hydroxyl groups excluding tert-OH is 1. The van der Waals surface area contributed by atoms with Crippen LogP contribution in [0.3, 0.4) is 0 Å². The maximum atomic E-state index is 10.8. The Balaban J connectivity index is -0.0000000429. The number of sulfonamides is 1. The van der Waals surface area contributed by atoms with Crippen molar-refractivity contribution in [3.05, 3.63) is 82.9 Å². The van der Waals surface area contributed by atoms with Crippen LogP contribution < -0.4 is 4.72 Å². The number of esters is 2. The molecule has 0 bridgehead atoms. The van der Waals surface area contributed by atoms with Gasteiger partial charge in [-0.1, -0.05) is 114 Å². The van der Waals surface area contributed by atoms with Gasteiger partial charge in [-0.2, -0.15) is 16.8 Å². The van der Waals surface area contributed by atoms with Gasteiger partial charge in [0.25, 0.3) is 10.1 Å². The molecule has 0 fully saturated rings. The molecule has 592 valence electrons. The Kier molecular flexibility index (Phi) is 146. The average Bonchev–Trinajstić information content (AvgIpc) is 3.67. The van der Waals surface area contributed by atoms with Crippen molar-refractivity contribution in [3.8, 4) is 0 Å². The van der Waals surface area contributed by atoms with Crippen LogP contribution in [0.5, 0.6) is 0 Å². The Hall–Kier alpha value is -5.36. The number of amides is 1. The average molecular weight is 1490 g/mol. The van der Waals surface area contributed by atoms with E-state index in [2.05, 4.69) is 127 Å². The highest BCUT2D eigenvalue weighted by Crippen LogP contribution is 1.99. The zero-order valence-electron chi connectivity index (χ0n) is 67.1. The number of allylic oxidation sites excluding steroid dienone is 2. The van der Waals surface area contributed by atoms with Gasteiger partial charge in [-0.05, 0) is 144 Å². The van der Waals surface area contributed by atoms with Crippen molar-refractivity contribution in [3.63, 3.8) is 0 Å². The summed E-state index contributed by atoms with van der Waals surface area (Å²) in [6.45, 7) is 34.6. The third-order valence-corrected chi connectivity index (χ3v) is 8.08. The molecule has 0 atom stereocenters. The fraction of sp³-hybridized carbons (Fsp3) is 0.692. The molecule has 2 aromatic carbocycles. The summed E-state index contributed by atoms with van der Waals surface area (Å²) in [5.41, 5.74) is 5.89. The summed E-state index contributed by atoms with van der Waals surface area (Å²) < 4.78 is 113. The van der Waals surface area contributed by atoms with Crippen molar-refractivity contribution >= 4 is 75.9 Å². The number of rotatable bonds is 5. The molecule has 0 unspecified atom stereocenters. The van der Waals surface area contributed by atoms with Gasteiger partial charge in [0, 0.05) is 73.5 Å². The number of Topliss-reactive ketones (excluding diaryl/α,β-unsaturated/α-hetero) is 1. The molecule has 32 heteroatoms. The number of hydrogen-bond donors (Lipinski definition) is 2. The molecular formula is C65H145N5O23S4. The van der Waals surface area contributed by atoms with E-state index >= 15 is 0 Å². The van der Waals surface area contributed by atoms with Crippen LogP contribution in [0, 0.1) is 12.8 Å². The summed E-state index contributed by atoms with van der Waals surface area (Å²) in [6, 6.07) is 19.1. The van der Waals surface area contributed by atoms with Crippen molar-refractivity contribution in [2.75, 3.05) is 159 Å². The van der Waals surface area contributed by atoms with Crippen LogP contribution in [0.15, 0.2) is 76.8 Å². The minimum atomic E-state index is -3.66. The third-order valence-electron chi connectivity index (χ3n) is 5.91. The van der Waals surface area contributed by atoms with Crippen molar-refractivity contribution in [1.82, 2.24) is 19.4 Å². The topological polar surface area (TPSA) is 382 Å². The standard InChI is InChI=1S/C8H8O2.C7H8.C6H12.C4H9NO.C4H9N.C4H10.2C3H9N.C3H6O3.C3H6O2.C3H8O.C3H6O.C3H8.C2H7NO2S.C2H6O4S.C2H6O3S.C2H6O2S.C2H6O.CH4.H2O/c1-10-8(9)7-5-3-2-4-6-7;1-7-5-3-2-4-6-7;1-5(2)6(3)4;1-4(6)5(2)3;1-4(2)5-3;3*1-4(2)3;1-5-3(4)6-2;1-3(4)5-2;2*1-3(2)4;1-3-2;1-3-6(2,4)5;1-5-7(3,4)6-2;1-5-6(2,3)4;1-5(2,3)4;1-3-2;;/h2-6H,1H3;2-6H,1H3;1-4H3;1-3H3;1-3H3;4H,1-3H3;2*1-3H3;1-2H3;1-2H3;3-4H,1-2H3;1-2H3;3H2,1-2H3;3H,1-2H3;1-2H3;1-2H3;1-2H3;1-2H3;1H4;1H2. The summed E-state index contributed by atoms with van der Waals surface area (Å²) in [7, 11) is 17.9. The first-order chi connectivity index (χ1) is 42.6. The molecule has 0 aliphatic rings. The normalized spacial score (nSPS) is 8.68. The highest BCUT2D eigenvalue weighted by atomic mass is 32.3. The van der Waals surface area contributed by atoms with Crippen LogP contribution in [-0.4, -0.2) is 260 Å². The molecule has 0 spiro atoms. The molecule has 2 rings (SSSR count). The van der Waals surface area contributed by atoms with E-state index in [0.717, 1.165) is 58.0 Å². The highest BCUT2D eigenvalue weighted by Gasteiger charge is 2.02. The lowest BCUT2D eigenvalue weighted by atomic mass is 10.2. The van der Waals surface area contributed by atoms with Gasteiger partial charge in [0.2, 0.25) is 15.9 Å². The largest absolute Gasteiger partial charge is 0.507 e. The summed E-state index contributed by atoms with van der Waals surface area (Å²) in [4.78, 5) is 59.0. The van der Waals surface area contributed by atoms with Crippen LogP contribution in [0.25, 0.3) is 0 Å². The molecule has 0 saturated carbocycles. The Morgan fingerprint density at radius 2 is 0.722 bits per heavy atom. The second-order valence-corrected chi connectivity index (χ2v) is 28.2. The molecule has 28 nitrogen and oxygen atoms in total. The highest BCUT2D eigenvalue weighted by molar-refractivity contribution is 7.90. The number of aryl methyl sites for hydroxylation is 1. The third kappa shape index (κ3) is 357. The van der Waals surface area contributed by atoms with E-state index in [1.807, 2.05) is 90.2 Å². The number of nitrogens with zero attached hydrogens (tertiary/aromatic N) is 4. The van der Waals surface area contributed by atoms with E-state index in [1.54, 1.807) is 73.5 Å². The minimum Gasteiger partial charge on any atom is -0.469 e. The van der Waals surface area contributed by atoms with Gasteiger partial charge < -0.3 is 53.8 Å². The number of hydrogen-bond acceptors (Lipinski definition) is 25. The van der Waals surface area contributed by atoms with Crippen LogP contribution in [0.1, 0.15) is 147 Å². The predicted molar refractivity (Wildman–Crippen MR) is 407 cm³/mol. The monoisotopic (exact) mass is 1490 g/mol. The summed E-state index contributed by atoms with van der Waals surface area (Å²) in [5, 5.41) is 8.06. The molecule has 0 heterocycles. The zero-order chi connectivity index (χ0) is 80.5. The molecule has 0 radical (unpaired) electrons. The quantitative estimate of drug-likeness (QED) is 0.0923. The van der Waals surface area contributed by atoms with Gasteiger partial charge in [-0.3, -0.25) is 27.1 Å². The first-order valence-corrected chi connectivity index (χ1v) is 35.9. The fourth-order valence-electron chi connectivity index (χ4n) is 1.38. The molecule has 0 aromatic heterocycles. The second-order valence-electron chi connectivity index (χ2n) is 20.7. The van der Waals surface area contributed by atoms with Crippen LogP contribution in [0.4, 0.5) is 4.79 Å². The number of methoxy groups -OCH3 is 5. The van der Waals surface area contributed by atoms with E-state index in [9.17, 15) is 57.6 Å². The lowest BCUT2D eigenvalue weighted by molar-refractivity contribution is -0.138. The van der Waals surface area contributed by atoms with E-state index in [-0.39, 0.29) is 42.6 Å². The van der Waals surface area contributed by atoms with Crippen LogP contribution >= 0.6 is 0 Å². The molecule has 0 aliphatic carbocycles. The Morgan fingerprint density at radius 1 is 0.536 bits per heavy atom. The first-order valence-electron chi connectivity index (χ1n) is 28.5. The number of benzene rings is 2. The van der Waals surface area contributed by atoms with Gasteiger partial charge >= 0.3 is 28.5 Å². The Morgan fingerprint density at radius 3 is 0.784 bits per heavy atom. The smallest absolute Gasteiger partial charge is 0.469 e. The van der Waals surface area contributed by atoms with E-state index < -0.39 is 46.5 Å². The van der Waals surface area contributed by atoms with E-state index in [1.165, 1.54) is 91.2 Å². The number of carbonyl (C=O) groups excluding carboxylic acids is 5. The van der Waals surface area contributed by atoms with E-state index in [0.29, 0.717) is 5.56 Å². The lowest BCUT2D eigenvalue weighted by Gasteiger charge is -2.02. The van der Waals surface area contributed by atoms with Crippen LogP contribution in [0.2, 0.25) is 0 Å². The molecule has 1 amide bonds. The Labute approximate surface area is 594 Å². The lowest BCUT2D eigenvalue weighted by Crippen LogP contribution is -2.17. The molecule has 2 aromatic rings. The number of nitrogens with one attached hydrogen (secondary N) is 1. The number of aliphatic imine (C=N–C) groups is 1. The Bertz CT molecular complexity index is 2340. The maximum Gasteiger partial charge on any atom is 0.507 e. The van der Waals surface area contributed by atoms with Gasteiger partial charge in [0.15, 0.2) is 0 Å². The fourth-order valence-corrected chi connectivity index (χ4v) is 1.51. The molecular weight excluding hydrogens is 1350 g/mol. The first kappa shape index (κ1) is 139.